The number of para-hydroxylation sites is 1. The van der Waals surface area contributed by atoms with Crippen LogP contribution in [0.3, 0.4) is 0 Å². The molecule has 1 aliphatic rings. The van der Waals surface area contributed by atoms with Crippen LogP contribution in [0.25, 0.3) is 21.8 Å². The number of benzene rings is 2. The predicted octanol–water partition coefficient (Wildman–Crippen LogP) is 5.04. The monoisotopic (exact) mass is 470 g/mol. The molecule has 0 radical (unpaired) electrons. The minimum absolute atomic E-state index is 0.123. The number of hydrogen-bond donors (Lipinski definition) is 2. The first kappa shape index (κ1) is 24.2. The molecule has 2 aromatic carbocycles. The van der Waals surface area contributed by atoms with Crippen molar-refractivity contribution >= 4 is 39.3 Å². The van der Waals surface area contributed by atoms with Gasteiger partial charge in [0.05, 0.1) is 17.7 Å². The molecule has 1 aromatic heterocycles. The number of nitrogens with zero attached hydrogens (tertiary/aromatic N) is 2. The zero-order valence-electron chi connectivity index (χ0n) is 20.3. The van der Waals surface area contributed by atoms with Crippen molar-refractivity contribution < 1.29 is 14.3 Å². The number of allylic oxidation sites excluding steroid dienone is 2. The van der Waals surface area contributed by atoms with Crippen LogP contribution in [0.15, 0.2) is 65.9 Å². The van der Waals surface area contributed by atoms with E-state index >= 15 is 0 Å². The zero-order chi connectivity index (χ0) is 24.9. The highest BCUT2D eigenvalue weighted by Crippen LogP contribution is 2.31. The average molecular weight is 471 g/mol. The van der Waals surface area contributed by atoms with Gasteiger partial charge in [0.15, 0.2) is 0 Å². The molecule has 2 unspecified atom stereocenters. The molecule has 180 valence electrons. The predicted molar refractivity (Wildman–Crippen MR) is 137 cm³/mol. The van der Waals surface area contributed by atoms with Gasteiger partial charge in [-0.1, -0.05) is 25.1 Å². The summed E-state index contributed by atoms with van der Waals surface area (Å²) in [6, 6.07) is 16.4. The minimum Gasteiger partial charge on any atom is -0.376 e. The van der Waals surface area contributed by atoms with Crippen LogP contribution in [0, 0.1) is 17.2 Å². The van der Waals surface area contributed by atoms with Crippen molar-refractivity contribution in [3.05, 3.63) is 65.9 Å². The lowest BCUT2D eigenvalue weighted by Crippen LogP contribution is -2.29. The molecular formula is C28H30N4O3. The number of carbonyl (C=O) groups excluding carboxylic acids is 2. The summed E-state index contributed by atoms with van der Waals surface area (Å²) in [5.41, 5.74) is 4.31. The topological polar surface area (TPSA) is 96.2 Å². The summed E-state index contributed by atoms with van der Waals surface area (Å²) in [5, 5.41) is 17.3. The maximum absolute atomic E-state index is 12.7. The summed E-state index contributed by atoms with van der Waals surface area (Å²) >= 11 is 0. The van der Waals surface area contributed by atoms with Gasteiger partial charge in [-0.05, 0) is 49.3 Å². The number of amides is 2. The molecule has 4 rings (SSSR count). The summed E-state index contributed by atoms with van der Waals surface area (Å²) in [4.78, 5) is 25.2. The highest BCUT2D eigenvalue weighted by atomic mass is 16.5. The van der Waals surface area contributed by atoms with Crippen molar-refractivity contribution in [2.24, 2.45) is 5.92 Å². The average Bonchev–Trinajstić information content (AvgIpc) is 3.16. The van der Waals surface area contributed by atoms with E-state index in [0.717, 1.165) is 28.5 Å². The molecule has 2 amide bonds. The van der Waals surface area contributed by atoms with E-state index < -0.39 is 0 Å². The Hall–Kier alpha value is -3.89. The second kappa shape index (κ2) is 10.6. The fraction of sp³-hybridized carbons (Fsp3) is 0.321. The quantitative estimate of drug-likeness (QED) is 0.482. The number of anilines is 1. The van der Waals surface area contributed by atoms with Gasteiger partial charge in [0, 0.05) is 66.1 Å². The molecular weight excluding hydrogens is 440 g/mol. The summed E-state index contributed by atoms with van der Waals surface area (Å²) in [6.07, 6.45) is 3.94. The Bertz CT molecular complexity index is 1380. The number of methoxy groups -OCH3 is 1. The second-order valence-corrected chi connectivity index (χ2v) is 8.96. The van der Waals surface area contributed by atoms with E-state index in [1.165, 1.54) is 5.52 Å². The minimum atomic E-state index is -0.354. The zero-order valence-corrected chi connectivity index (χ0v) is 20.3. The number of nitrogens with one attached hydrogen (secondary N) is 2. The van der Waals surface area contributed by atoms with Crippen LogP contribution in [-0.2, 0) is 20.9 Å². The fourth-order valence-electron chi connectivity index (χ4n) is 4.71. The number of rotatable bonds is 8. The van der Waals surface area contributed by atoms with Crippen molar-refractivity contribution in [3.8, 4) is 6.07 Å². The third-order valence-corrected chi connectivity index (χ3v) is 6.37. The molecule has 2 atom stereocenters. The standard InChI is InChI=1S/C28H30N4O3/c1-4-32-24-8-6-5-7-22(24)23-15-20(11-12-25(23)32)30-27(33)13-18(2)14-28(34)31-21-10-9-19(17-29)26(16-21)35-3/h5-12,15,18,26H,4,13-14,16H2,1-3H3,(H,30,33)(H,31,34). The number of nitriles is 1. The maximum atomic E-state index is 12.7. The van der Waals surface area contributed by atoms with Crippen molar-refractivity contribution in [2.75, 3.05) is 12.4 Å². The van der Waals surface area contributed by atoms with Gasteiger partial charge in [-0.3, -0.25) is 9.59 Å². The first-order valence-corrected chi connectivity index (χ1v) is 11.9. The number of carbonyl (C=O) groups is 2. The molecule has 2 N–H and O–H groups in total. The lowest BCUT2D eigenvalue weighted by molar-refractivity contribution is -0.121. The molecule has 7 heteroatoms. The molecule has 1 aliphatic carbocycles. The molecule has 0 aliphatic heterocycles. The first-order chi connectivity index (χ1) is 16.9. The molecule has 1 heterocycles. The van der Waals surface area contributed by atoms with Crippen LogP contribution in [0.4, 0.5) is 5.69 Å². The Morgan fingerprint density at radius 3 is 2.51 bits per heavy atom. The largest absolute Gasteiger partial charge is 0.376 e. The highest BCUT2D eigenvalue weighted by molar-refractivity contribution is 6.09. The number of fused-ring (bicyclic) bond motifs is 3. The summed E-state index contributed by atoms with van der Waals surface area (Å²) in [5.74, 6) is -0.413. The molecule has 3 aromatic rings. The summed E-state index contributed by atoms with van der Waals surface area (Å²) in [7, 11) is 1.54. The van der Waals surface area contributed by atoms with Crippen LogP contribution in [-0.4, -0.2) is 29.6 Å². The van der Waals surface area contributed by atoms with Gasteiger partial charge >= 0.3 is 0 Å². The van der Waals surface area contributed by atoms with Gasteiger partial charge in [0.2, 0.25) is 11.8 Å². The molecule has 0 spiro atoms. The lowest BCUT2D eigenvalue weighted by atomic mass is 9.99. The van der Waals surface area contributed by atoms with Gasteiger partial charge in [0.1, 0.15) is 0 Å². The van der Waals surface area contributed by atoms with E-state index in [1.807, 2.05) is 37.3 Å². The van der Waals surface area contributed by atoms with Crippen LogP contribution < -0.4 is 10.6 Å². The molecule has 0 saturated carbocycles. The Morgan fingerprint density at radius 2 is 1.80 bits per heavy atom. The highest BCUT2D eigenvalue weighted by Gasteiger charge is 2.21. The SMILES string of the molecule is CCn1c2ccccc2c2cc(NC(=O)CC(C)CC(=O)NC3=CC=C(C#N)C(OC)C3)ccc21. The fourth-order valence-corrected chi connectivity index (χ4v) is 4.71. The van der Waals surface area contributed by atoms with Crippen molar-refractivity contribution in [1.82, 2.24) is 9.88 Å². The smallest absolute Gasteiger partial charge is 0.224 e. The van der Waals surface area contributed by atoms with E-state index in [-0.39, 0.29) is 36.7 Å². The maximum Gasteiger partial charge on any atom is 0.224 e. The van der Waals surface area contributed by atoms with Crippen LogP contribution in [0.2, 0.25) is 0 Å². The molecule has 35 heavy (non-hydrogen) atoms. The van der Waals surface area contributed by atoms with Crippen molar-refractivity contribution in [3.63, 3.8) is 0 Å². The van der Waals surface area contributed by atoms with E-state index in [1.54, 1.807) is 19.3 Å². The first-order valence-electron chi connectivity index (χ1n) is 11.9. The van der Waals surface area contributed by atoms with E-state index in [2.05, 4.69) is 40.3 Å². The molecule has 0 bridgehead atoms. The van der Waals surface area contributed by atoms with Gasteiger partial charge in [-0.2, -0.15) is 5.26 Å². The van der Waals surface area contributed by atoms with E-state index in [4.69, 9.17) is 10.00 Å². The molecule has 0 fully saturated rings. The number of aromatic nitrogens is 1. The Kier molecular flexibility index (Phi) is 7.33. The van der Waals surface area contributed by atoms with Crippen LogP contribution in [0.1, 0.15) is 33.1 Å². The Balaban J connectivity index is 1.36. The van der Waals surface area contributed by atoms with Crippen LogP contribution in [0.5, 0.6) is 0 Å². The number of hydrogen-bond acceptors (Lipinski definition) is 4. The van der Waals surface area contributed by atoms with Gasteiger partial charge < -0.3 is 19.9 Å². The number of ether oxygens (including phenoxy) is 1. The van der Waals surface area contributed by atoms with Crippen molar-refractivity contribution in [1.29, 1.82) is 5.26 Å². The summed E-state index contributed by atoms with van der Waals surface area (Å²) in [6.45, 7) is 4.88. The summed E-state index contributed by atoms with van der Waals surface area (Å²) < 4.78 is 7.59. The molecule has 7 nitrogen and oxygen atoms in total. The second-order valence-electron chi connectivity index (χ2n) is 8.96. The van der Waals surface area contributed by atoms with Gasteiger partial charge in [-0.15, -0.1) is 0 Å². The van der Waals surface area contributed by atoms with Gasteiger partial charge in [0.25, 0.3) is 0 Å². The lowest BCUT2D eigenvalue weighted by Gasteiger charge is -2.21. The van der Waals surface area contributed by atoms with Crippen molar-refractivity contribution in [2.45, 2.75) is 45.8 Å². The third kappa shape index (κ3) is 5.28. The van der Waals surface area contributed by atoms with Gasteiger partial charge in [-0.25, -0.2) is 0 Å². The van der Waals surface area contributed by atoms with Crippen LogP contribution >= 0.6 is 0 Å². The van der Waals surface area contributed by atoms with E-state index in [9.17, 15) is 9.59 Å². The normalized spacial score (nSPS) is 16.3. The third-order valence-electron chi connectivity index (χ3n) is 6.37. The molecule has 0 saturated heterocycles. The van der Waals surface area contributed by atoms with E-state index in [0.29, 0.717) is 17.7 Å². The Labute approximate surface area is 205 Å². The number of aryl methyl sites for hydroxylation is 1. The Morgan fingerprint density at radius 1 is 1.09 bits per heavy atom.